The van der Waals surface area contributed by atoms with Crippen molar-refractivity contribution in [3.05, 3.63) is 35.1 Å². The quantitative estimate of drug-likeness (QED) is 0.875. The van der Waals surface area contributed by atoms with Crippen LogP contribution in [0.4, 0.5) is 4.39 Å². The Labute approximate surface area is 110 Å². The molecule has 2 rings (SSSR count). The first-order valence-corrected chi connectivity index (χ1v) is 6.19. The summed E-state index contributed by atoms with van der Waals surface area (Å²) in [7, 11) is 0. The molecule has 5 heteroatoms. The number of carboxylic acid groups (broad SMARTS) is 1. The molecule has 102 valence electrons. The number of nitrogens with one attached hydrogen (secondary N) is 1. The van der Waals surface area contributed by atoms with E-state index < -0.39 is 17.8 Å². The third-order valence-electron chi connectivity index (χ3n) is 3.50. The van der Waals surface area contributed by atoms with Crippen LogP contribution < -0.4 is 5.32 Å². The maximum absolute atomic E-state index is 13.4. The van der Waals surface area contributed by atoms with Crippen molar-refractivity contribution < 1.29 is 19.1 Å². The fourth-order valence-corrected chi connectivity index (χ4v) is 2.04. The first-order valence-electron chi connectivity index (χ1n) is 6.19. The van der Waals surface area contributed by atoms with E-state index in [-0.39, 0.29) is 17.8 Å². The van der Waals surface area contributed by atoms with Gasteiger partial charge in [0.2, 0.25) is 5.91 Å². The van der Waals surface area contributed by atoms with Crippen LogP contribution in [-0.2, 0) is 9.59 Å². The zero-order valence-electron chi connectivity index (χ0n) is 10.8. The van der Waals surface area contributed by atoms with Crippen LogP contribution >= 0.6 is 0 Å². The van der Waals surface area contributed by atoms with Gasteiger partial charge >= 0.3 is 5.97 Å². The first-order chi connectivity index (χ1) is 8.90. The number of aryl methyl sites for hydroxylation is 1. The highest BCUT2D eigenvalue weighted by Crippen LogP contribution is 2.39. The summed E-state index contributed by atoms with van der Waals surface area (Å²) >= 11 is 0. The maximum atomic E-state index is 13.4. The Morgan fingerprint density at radius 3 is 2.63 bits per heavy atom. The van der Waals surface area contributed by atoms with E-state index in [4.69, 9.17) is 5.11 Å². The summed E-state index contributed by atoms with van der Waals surface area (Å²) in [4.78, 5) is 22.5. The largest absolute Gasteiger partial charge is 0.481 e. The number of benzene rings is 1. The van der Waals surface area contributed by atoms with Gasteiger partial charge in [0.15, 0.2) is 0 Å². The summed E-state index contributed by atoms with van der Waals surface area (Å²) < 4.78 is 13.4. The number of halogens is 1. The number of hydrogen-bond acceptors (Lipinski definition) is 2. The molecule has 0 spiro atoms. The third kappa shape index (κ3) is 2.92. The molecule has 2 N–H and O–H groups in total. The molecule has 19 heavy (non-hydrogen) atoms. The van der Waals surface area contributed by atoms with Crippen molar-refractivity contribution in [1.82, 2.24) is 5.32 Å². The number of hydrogen-bond donors (Lipinski definition) is 2. The normalized spacial score (nSPS) is 22.7. The van der Waals surface area contributed by atoms with Crippen LogP contribution in [-0.4, -0.2) is 17.0 Å². The molecule has 4 nitrogen and oxygen atoms in total. The lowest BCUT2D eigenvalue weighted by atomic mass is 10.1. The number of rotatable bonds is 4. The molecular weight excluding hydrogens is 249 g/mol. The smallest absolute Gasteiger partial charge is 0.307 e. The molecule has 1 fully saturated rings. The van der Waals surface area contributed by atoms with Gasteiger partial charge in [0.25, 0.3) is 0 Å². The molecule has 0 aromatic heterocycles. The molecule has 1 aromatic rings. The summed E-state index contributed by atoms with van der Waals surface area (Å²) in [6, 6.07) is 4.47. The van der Waals surface area contributed by atoms with Crippen molar-refractivity contribution in [3.63, 3.8) is 0 Å². The van der Waals surface area contributed by atoms with E-state index >= 15 is 0 Å². The number of carboxylic acids is 1. The summed E-state index contributed by atoms with van der Waals surface area (Å²) in [5.74, 6) is -2.54. The van der Waals surface area contributed by atoms with Crippen LogP contribution in [0.25, 0.3) is 0 Å². The van der Waals surface area contributed by atoms with Gasteiger partial charge < -0.3 is 10.4 Å². The minimum Gasteiger partial charge on any atom is -0.481 e. The standard InChI is InChI=1S/C14H16FNO3/c1-7-3-4-9(5-12(7)15)8(2)16-13(17)10-6-11(10)14(18)19/h3-5,8,10-11H,6H2,1-2H3,(H,16,17)(H,18,19)/t8-,10+,11+/m0/s1. The molecule has 3 atom stereocenters. The van der Waals surface area contributed by atoms with Crippen LogP contribution in [0.15, 0.2) is 18.2 Å². The molecule has 0 aliphatic heterocycles. The van der Waals surface area contributed by atoms with Crippen molar-refractivity contribution in [3.8, 4) is 0 Å². The zero-order chi connectivity index (χ0) is 14.2. The molecule has 0 saturated heterocycles. The Balaban J connectivity index is 1.97. The van der Waals surface area contributed by atoms with Gasteiger partial charge in [0, 0.05) is 0 Å². The van der Waals surface area contributed by atoms with E-state index in [0.717, 1.165) is 0 Å². The van der Waals surface area contributed by atoms with Crippen LogP contribution in [0.5, 0.6) is 0 Å². The fourth-order valence-electron chi connectivity index (χ4n) is 2.04. The van der Waals surface area contributed by atoms with Crippen LogP contribution in [0, 0.1) is 24.6 Å². The minimum atomic E-state index is -0.936. The van der Waals surface area contributed by atoms with Crippen molar-refractivity contribution in [2.75, 3.05) is 0 Å². The molecule has 0 bridgehead atoms. The van der Waals surface area contributed by atoms with Crippen LogP contribution in [0.3, 0.4) is 0 Å². The molecule has 1 aliphatic carbocycles. The summed E-state index contributed by atoms with van der Waals surface area (Å²) in [6.45, 7) is 3.42. The van der Waals surface area contributed by atoms with E-state index in [1.165, 1.54) is 6.07 Å². The topological polar surface area (TPSA) is 66.4 Å². The van der Waals surface area contributed by atoms with Crippen LogP contribution in [0.1, 0.15) is 30.5 Å². The lowest BCUT2D eigenvalue weighted by Crippen LogP contribution is -2.29. The molecule has 0 unspecified atom stereocenters. The number of carbonyl (C=O) groups excluding carboxylic acids is 1. The highest BCUT2D eigenvalue weighted by atomic mass is 19.1. The van der Waals surface area contributed by atoms with Crippen molar-refractivity contribution in [2.45, 2.75) is 26.3 Å². The minimum absolute atomic E-state index is 0.277. The molecule has 0 radical (unpaired) electrons. The number of carbonyl (C=O) groups is 2. The SMILES string of the molecule is Cc1ccc([C@H](C)NC(=O)[C@@H]2C[C@H]2C(=O)O)cc1F. The second-order valence-corrected chi connectivity index (χ2v) is 5.03. The lowest BCUT2D eigenvalue weighted by molar-refractivity contribution is -0.140. The van der Waals surface area contributed by atoms with Crippen molar-refractivity contribution >= 4 is 11.9 Å². The summed E-state index contributed by atoms with van der Waals surface area (Å²) in [6.07, 6.45) is 0.385. The van der Waals surface area contributed by atoms with Gasteiger partial charge in [0.1, 0.15) is 5.82 Å². The molecule has 1 saturated carbocycles. The van der Waals surface area contributed by atoms with Gasteiger partial charge in [0.05, 0.1) is 17.9 Å². The Hall–Kier alpha value is -1.91. The zero-order valence-corrected chi connectivity index (χ0v) is 10.8. The van der Waals surface area contributed by atoms with Gasteiger partial charge in [-0.05, 0) is 37.5 Å². The molecule has 1 aliphatic rings. The number of amides is 1. The fraction of sp³-hybridized carbons (Fsp3) is 0.429. The Morgan fingerprint density at radius 1 is 1.42 bits per heavy atom. The van der Waals surface area contributed by atoms with Gasteiger partial charge in [-0.3, -0.25) is 9.59 Å². The monoisotopic (exact) mass is 265 g/mol. The van der Waals surface area contributed by atoms with Gasteiger partial charge in [-0.2, -0.15) is 0 Å². The average molecular weight is 265 g/mol. The Bertz CT molecular complexity index is 529. The summed E-state index contributed by atoms with van der Waals surface area (Å²) in [5, 5.41) is 11.5. The van der Waals surface area contributed by atoms with E-state index in [1.807, 2.05) is 0 Å². The van der Waals surface area contributed by atoms with Crippen molar-refractivity contribution in [2.24, 2.45) is 11.8 Å². The van der Waals surface area contributed by atoms with E-state index in [0.29, 0.717) is 17.5 Å². The highest BCUT2D eigenvalue weighted by Gasteiger charge is 2.48. The second kappa shape index (κ2) is 4.99. The van der Waals surface area contributed by atoms with Gasteiger partial charge in [-0.15, -0.1) is 0 Å². The Morgan fingerprint density at radius 2 is 2.11 bits per heavy atom. The van der Waals surface area contributed by atoms with E-state index in [9.17, 15) is 14.0 Å². The van der Waals surface area contributed by atoms with E-state index in [2.05, 4.69) is 5.32 Å². The molecule has 1 amide bonds. The third-order valence-corrected chi connectivity index (χ3v) is 3.50. The lowest BCUT2D eigenvalue weighted by Gasteiger charge is -2.14. The molecular formula is C14H16FNO3. The first kappa shape index (κ1) is 13.5. The molecule has 0 heterocycles. The highest BCUT2D eigenvalue weighted by molar-refractivity contribution is 5.89. The van der Waals surface area contributed by atoms with Gasteiger partial charge in [-0.25, -0.2) is 4.39 Å². The predicted molar refractivity (Wildman–Crippen MR) is 66.9 cm³/mol. The number of aliphatic carboxylic acids is 1. The second-order valence-electron chi connectivity index (χ2n) is 5.03. The maximum Gasteiger partial charge on any atom is 0.307 e. The average Bonchev–Trinajstić information content (AvgIpc) is 3.12. The summed E-state index contributed by atoms with van der Waals surface area (Å²) in [5.41, 5.74) is 1.22. The van der Waals surface area contributed by atoms with Crippen LogP contribution in [0.2, 0.25) is 0 Å². The molecule has 1 aromatic carbocycles. The van der Waals surface area contributed by atoms with E-state index in [1.54, 1.807) is 26.0 Å². The predicted octanol–water partition coefficient (Wildman–Crippen LogP) is 2.03. The van der Waals surface area contributed by atoms with Crippen molar-refractivity contribution in [1.29, 1.82) is 0 Å². The Kier molecular flexibility index (Phi) is 3.55. The van der Waals surface area contributed by atoms with Gasteiger partial charge in [-0.1, -0.05) is 12.1 Å².